The van der Waals surface area contributed by atoms with Crippen LogP contribution >= 0.6 is 0 Å². The van der Waals surface area contributed by atoms with Crippen LogP contribution in [0, 0.1) is 0 Å². The summed E-state index contributed by atoms with van der Waals surface area (Å²) in [5, 5.41) is 0. The molecule has 0 aliphatic rings. The Balaban J connectivity index is 4.44. The van der Waals surface area contributed by atoms with E-state index < -0.39 is 6.10 Å². The lowest BCUT2D eigenvalue weighted by Crippen LogP contribution is -2.30. The molecule has 0 aliphatic heterocycles. The van der Waals surface area contributed by atoms with E-state index in [1.807, 2.05) is 6.08 Å². The monoisotopic (exact) mass is 931 g/mol. The number of carbonyl (C=O) groups is 3. The van der Waals surface area contributed by atoms with Crippen LogP contribution in [0.4, 0.5) is 0 Å². The molecule has 382 valence electrons. The molecule has 6 nitrogen and oxygen atoms in total. The Bertz CT molecular complexity index is 1350. The van der Waals surface area contributed by atoms with E-state index >= 15 is 0 Å². The van der Waals surface area contributed by atoms with Crippen molar-refractivity contribution in [2.24, 2.45) is 0 Å². The van der Waals surface area contributed by atoms with Crippen molar-refractivity contribution in [2.75, 3.05) is 13.2 Å². The van der Waals surface area contributed by atoms with E-state index in [9.17, 15) is 14.4 Å². The Morgan fingerprint density at radius 1 is 0.313 bits per heavy atom. The molecule has 67 heavy (non-hydrogen) atoms. The zero-order chi connectivity index (χ0) is 48.6. The van der Waals surface area contributed by atoms with Crippen LogP contribution in [0.15, 0.2) is 97.2 Å². The quantitative estimate of drug-likeness (QED) is 0.0262. The summed E-state index contributed by atoms with van der Waals surface area (Å²) in [5.74, 6) is -0.992. The summed E-state index contributed by atoms with van der Waals surface area (Å²) in [6.45, 7) is 6.43. The molecule has 0 aromatic rings. The molecule has 6 heteroatoms. The molecule has 0 saturated heterocycles. The molecule has 0 aromatic heterocycles. The van der Waals surface area contributed by atoms with Gasteiger partial charge in [0.25, 0.3) is 0 Å². The maximum Gasteiger partial charge on any atom is 0.306 e. The van der Waals surface area contributed by atoms with Gasteiger partial charge in [-0.05, 0) is 89.9 Å². The third-order valence-electron chi connectivity index (χ3n) is 11.6. The Kier molecular flexibility index (Phi) is 51.9. The predicted molar refractivity (Wildman–Crippen MR) is 288 cm³/mol. The zero-order valence-electron chi connectivity index (χ0n) is 43.6. The molecule has 0 aliphatic carbocycles. The van der Waals surface area contributed by atoms with E-state index in [0.717, 1.165) is 83.5 Å². The molecule has 0 saturated carbocycles. The predicted octanol–water partition coefficient (Wildman–Crippen LogP) is 18.5. The van der Waals surface area contributed by atoms with Crippen molar-refractivity contribution in [3.8, 4) is 0 Å². The smallest absolute Gasteiger partial charge is 0.306 e. The molecule has 0 amide bonds. The lowest BCUT2D eigenvalue weighted by molar-refractivity contribution is -0.166. The number of hydrogen-bond donors (Lipinski definition) is 0. The molecular weight excluding hydrogens is 829 g/mol. The van der Waals surface area contributed by atoms with E-state index in [2.05, 4.69) is 112 Å². The van der Waals surface area contributed by atoms with Crippen molar-refractivity contribution in [1.82, 2.24) is 0 Å². The highest BCUT2D eigenvalue weighted by atomic mass is 16.6. The summed E-state index contributed by atoms with van der Waals surface area (Å²) in [6, 6.07) is 0. The Hall–Kier alpha value is -3.67. The topological polar surface area (TPSA) is 78.9 Å². The molecule has 1 atom stereocenters. The number of ether oxygens (including phenoxy) is 3. The number of esters is 3. The SMILES string of the molecule is CC/C=C\C/C=C\C/C=C\C/C=C\C/C=C\C/C=C\CCC(=O)OC[C@H](COC(=O)CCCCCCCCCCC/C=C\C/C=C\CCCCC)OC(=O)CCCCCCCCCCCCC. The second kappa shape index (κ2) is 54.9. The standard InChI is InChI=1S/C61H102O6/c1-4-7-10-13-16-19-22-24-26-28-30-32-34-36-39-41-44-47-50-53-59(62)65-56-58(67-61(64)55-52-49-46-43-38-21-18-15-12-9-6-3)57-66-60(63)54-51-48-45-42-40-37-35-33-31-29-27-25-23-20-17-14-11-8-5-2/h7,10,16-17,19-20,24-27,30,32,36,39,44,47,58H,4-6,8-9,11-15,18,21-23,28-29,31,33-35,37-38,40-43,45-46,48-57H2,1-3H3/b10-7-,19-16-,20-17-,26-24-,27-25-,32-30-,39-36-,47-44-/t58-/m1/s1. The first-order valence-electron chi connectivity index (χ1n) is 27.7. The van der Waals surface area contributed by atoms with Crippen LogP contribution in [0.3, 0.4) is 0 Å². The number of allylic oxidation sites excluding steroid dienone is 16. The van der Waals surface area contributed by atoms with E-state index in [1.165, 1.54) is 122 Å². The molecule has 0 N–H and O–H groups in total. The minimum atomic E-state index is -0.808. The van der Waals surface area contributed by atoms with Gasteiger partial charge in [-0.2, -0.15) is 0 Å². The van der Waals surface area contributed by atoms with Gasteiger partial charge in [-0.15, -0.1) is 0 Å². The molecule has 0 aromatic carbocycles. The lowest BCUT2D eigenvalue weighted by atomic mass is 10.1. The molecular formula is C61H102O6. The highest BCUT2D eigenvalue weighted by Gasteiger charge is 2.19. The summed E-state index contributed by atoms with van der Waals surface area (Å²) in [7, 11) is 0. The van der Waals surface area contributed by atoms with Crippen LogP contribution in [0.2, 0.25) is 0 Å². The summed E-state index contributed by atoms with van der Waals surface area (Å²) in [5.41, 5.74) is 0. The van der Waals surface area contributed by atoms with Crippen LogP contribution in [0.25, 0.3) is 0 Å². The van der Waals surface area contributed by atoms with Crippen molar-refractivity contribution in [1.29, 1.82) is 0 Å². The summed E-state index contributed by atoms with van der Waals surface area (Å²) in [4.78, 5) is 38.0. The first-order valence-corrected chi connectivity index (χ1v) is 27.7. The van der Waals surface area contributed by atoms with Gasteiger partial charge in [0.15, 0.2) is 6.10 Å². The van der Waals surface area contributed by atoms with Crippen LogP contribution < -0.4 is 0 Å². The van der Waals surface area contributed by atoms with Crippen molar-refractivity contribution >= 4 is 17.9 Å². The normalized spacial score (nSPS) is 12.8. The minimum Gasteiger partial charge on any atom is -0.462 e. The van der Waals surface area contributed by atoms with Crippen LogP contribution in [0.1, 0.15) is 252 Å². The number of rotatable bonds is 49. The molecule has 0 bridgehead atoms. The van der Waals surface area contributed by atoms with Crippen molar-refractivity contribution < 1.29 is 28.6 Å². The van der Waals surface area contributed by atoms with Gasteiger partial charge < -0.3 is 14.2 Å². The van der Waals surface area contributed by atoms with Gasteiger partial charge in [-0.3, -0.25) is 14.4 Å². The fourth-order valence-electron chi connectivity index (χ4n) is 7.44. The third kappa shape index (κ3) is 53.2. The zero-order valence-corrected chi connectivity index (χ0v) is 43.6. The van der Waals surface area contributed by atoms with Crippen LogP contribution in [0.5, 0.6) is 0 Å². The fourth-order valence-corrected chi connectivity index (χ4v) is 7.44. The van der Waals surface area contributed by atoms with Crippen molar-refractivity contribution in [3.63, 3.8) is 0 Å². The van der Waals surface area contributed by atoms with E-state index in [1.54, 1.807) is 0 Å². The van der Waals surface area contributed by atoms with E-state index in [-0.39, 0.29) is 37.5 Å². The van der Waals surface area contributed by atoms with Crippen LogP contribution in [-0.2, 0) is 28.6 Å². The van der Waals surface area contributed by atoms with Gasteiger partial charge in [0, 0.05) is 19.3 Å². The first-order chi connectivity index (χ1) is 33.0. The van der Waals surface area contributed by atoms with Crippen LogP contribution in [-0.4, -0.2) is 37.2 Å². The van der Waals surface area contributed by atoms with Gasteiger partial charge in [0.1, 0.15) is 13.2 Å². The molecule has 0 rings (SSSR count). The van der Waals surface area contributed by atoms with Gasteiger partial charge >= 0.3 is 17.9 Å². The average Bonchev–Trinajstić information content (AvgIpc) is 3.33. The largest absolute Gasteiger partial charge is 0.462 e. The van der Waals surface area contributed by atoms with Gasteiger partial charge in [-0.1, -0.05) is 240 Å². The maximum atomic E-state index is 12.8. The fraction of sp³-hybridized carbons (Fsp3) is 0.689. The number of hydrogen-bond acceptors (Lipinski definition) is 6. The number of carbonyl (C=O) groups excluding carboxylic acids is 3. The first kappa shape index (κ1) is 63.3. The second-order valence-electron chi connectivity index (χ2n) is 18.1. The minimum absolute atomic E-state index is 0.102. The highest BCUT2D eigenvalue weighted by molar-refractivity contribution is 5.71. The Morgan fingerprint density at radius 2 is 0.612 bits per heavy atom. The van der Waals surface area contributed by atoms with E-state index in [0.29, 0.717) is 19.3 Å². The third-order valence-corrected chi connectivity index (χ3v) is 11.6. The number of unbranched alkanes of at least 4 members (excludes halogenated alkanes) is 22. The molecule has 0 radical (unpaired) electrons. The second-order valence-corrected chi connectivity index (χ2v) is 18.1. The average molecular weight is 931 g/mol. The molecule has 0 unspecified atom stereocenters. The van der Waals surface area contributed by atoms with Gasteiger partial charge in [0.05, 0.1) is 0 Å². The molecule has 0 heterocycles. The van der Waals surface area contributed by atoms with E-state index in [4.69, 9.17) is 14.2 Å². The Morgan fingerprint density at radius 3 is 1.03 bits per heavy atom. The highest BCUT2D eigenvalue weighted by Crippen LogP contribution is 2.15. The summed E-state index contributed by atoms with van der Waals surface area (Å²) < 4.78 is 16.8. The molecule has 0 spiro atoms. The van der Waals surface area contributed by atoms with Crippen molar-refractivity contribution in [2.45, 2.75) is 258 Å². The summed E-state index contributed by atoms with van der Waals surface area (Å²) in [6.07, 6.45) is 72.6. The van der Waals surface area contributed by atoms with Gasteiger partial charge in [-0.25, -0.2) is 0 Å². The summed E-state index contributed by atoms with van der Waals surface area (Å²) >= 11 is 0. The van der Waals surface area contributed by atoms with Gasteiger partial charge in [0.2, 0.25) is 0 Å². The Labute approximate surface area is 413 Å². The van der Waals surface area contributed by atoms with Crippen molar-refractivity contribution in [3.05, 3.63) is 97.2 Å². The molecule has 0 fully saturated rings. The maximum absolute atomic E-state index is 12.8. The lowest BCUT2D eigenvalue weighted by Gasteiger charge is -2.18.